The molecule has 88 valence electrons. The minimum absolute atomic E-state index is 0.0961. The van der Waals surface area contributed by atoms with Crippen LogP contribution in [0.5, 0.6) is 0 Å². The zero-order valence-electron chi connectivity index (χ0n) is 9.65. The van der Waals surface area contributed by atoms with Crippen LogP contribution in [-0.2, 0) is 4.79 Å². The maximum atomic E-state index is 10.7. The Bertz CT molecular complexity index is 221. The molecule has 4 nitrogen and oxygen atoms in total. The highest BCUT2D eigenvalue weighted by molar-refractivity contribution is 5.67. The van der Waals surface area contributed by atoms with Gasteiger partial charge in [0.25, 0.3) is 0 Å². The molecule has 4 heteroatoms. The lowest BCUT2D eigenvalue weighted by Gasteiger charge is -2.42. The molecule has 0 spiro atoms. The van der Waals surface area contributed by atoms with Crippen LogP contribution in [0.2, 0.25) is 0 Å². The van der Waals surface area contributed by atoms with Crippen molar-refractivity contribution in [2.24, 2.45) is 11.7 Å². The lowest BCUT2D eigenvalue weighted by atomic mass is 9.89. The van der Waals surface area contributed by atoms with Gasteiger partial charge in [-0.1, -0.05) is 6.92 Å². The van der Waals surface area contributed by atoms with E-state index in [0.717, 1.165) is 13.0 Å². The fraction of sp³-hybridized carbons (Fsp3) is 0.909. The Hall–Kier alpha value is -0.610. The van der Waals surface area contributed by atoms with Crippen LogP contribution in [-0.4, -0.2) is 41.1 Å². The molecule has 0 radical (unpaired) electrons. The number of piperidine rings is 1. The second-order valence-corrected chi connectivity index (χ2v) is 4.61. The van der Waals surface area contributed by atoms with Crippen LogP contribution in [0.3, 0.4) is 0 Å². The fourth-order valence-corrected chi connectivity index (χ4v) is 2.57. The third-order valence-corrected chi connectivity index (χ3v) is 3.44. The number of hydrogen-bond donors (Lipinski definition) is 2. The zero-order chi connectivity index (χ0) is 11.4. The molecule has 0 aromatic heterocycles. The maximum Gasteiger partial charge on any atom is 0.304 e. The number of carboxylic acids is 1. The highest BCUT2D eigenvalue weighted by Crippen LogP contribution is 2.25. The SMILES string of the molecule is CC1CCCN(C(C)CC(=O)O)C1CN. The van der Waals surface area contributed by atoms with E-state index in [1.54, 1.807) is 0 Å². The van der Waals surface area contributed by atoms with E-state index >= 15 is 0 Å². The number of carboxylic acid groups (broad SMARTS) is 1. The van der Waals surface area contributed by atoms with Crippen molar-refractivity contribution in [1.82, 2.24) is 4.90 Å². The predicted octanol–water partition coefficient (Wildman–Crippen LogP) is 0.909. The Balaban J connectivity index is 2.60. The number of hydrogen-bond acceptors (Lipinski definition) is 3. The van der Waals surface area contributed by atoms with E-state index in [1.165, 1.54) is 6.42 Å². The summed E-state index contributed by atoms with van der Waals surface area (Å²) in [6, 6.07) is 0.451. The number of nitrogens with zero attached hydrogens (tertiary/aromatic N) is 1. The summed E-state index contributed by atoms with van der Waals surface area (Å²) in [7, 11) is 0. The third kappa shape index (κ3) is 3.18. The molecule has 0 bridgehead atoms. The summed E-state index contributed by atoms with van der Waals surface area (Å²) in [6.07, 6.45) is 2.57. The van der Waals surface area contributed by atoms with Gasteiger partial charge in [-0.05, 0) is 32.2 Å². The first-order valence-electron chi connectivity index (χ1n) is 5.73. The van der Waals surface area contributed by atoms with Gasteiger partial charge in [-0.15, -0.1) is 0 Å². The molecule has 0 aromatic rings. The Kier molecular flexibility index (Phi) is 4.54. The molecule has 15 heavy (non-hydrogen) atoms. The number of rotatable bonds is 4. The molecule has 3 unspecified atom stereocenters. The zero-order valence-corrected chi connectivity index (χ0v) is 9.65. The van der Waals surface area contributed by atoms with Gasteiger partial charge >= 0.3 is 5.97 Å². The third-order valence-electron chi connectivity index (χ3n) is 3.44. The van der Waals surface area contributed by atoms with E-state index in [2.05, 4.69) is 11.8 Å². The number of nitrogens with two attached hydrogens (primary N) is 1. The van der Waals surface area contributed by atoms with Gasteiger partial charge < -0.3 is 10.8 Å². The Labute approximate surface area is 91.4 Å². The van der Waals surface area contributed by atoms with Gasteiger partial charge in [-0.2, -0.15) is 0 Å². The molecular weight excluding hydrogens is 192 g/mol. The van der Waals surface area contributed by atoms with Crippen molar-refractivity contribution < 1.29 is 9.90 Å². The first-order chi connectivity index (χ1) is 7.06. The highest BCUT2D eigenvalue weighted by Gasteiger charge is 2.31. The van der Waals surface area contributed by atoms with E-state index in [1.807, 2.05) is 6.92 Å². The minimum atomic E-state index is -0.725. The van der Waals surface area contributed by atoms with Crippen LogP contribution >= 0.6 is 0 Å². The van der Waals surface area contributed by atoms with Crippen molar-refractivity contribution in [3.8, 4) is 0 Å². The molecule has 1 fully saturated rings. The van der Waals surface area contributed by atoms with E-state index in [4.69, 9.17) is 10.8 Å². The number of likely N-dealkylation sites (tertiary alicyclic amines) is 1. The van der Waals surface area contributed by atoms with Crippen LogP contribution in [0.4, 0.5) is 0 Å². The smallest absolute Gasteiger partial charge is 0.304 e. The summed E-state index contributed by atoms with van der Waals surface area (Å²) in [6.45, 7) is 5.80. The van der Waals surface area contributed by atoms with Crippen molar-refractivity contribution >= 4 is 5.97 Å². The minimum Gasteiger partial charge on any atom is -0.481 e. The lowest BCUT2D eigenvalue weighted by Crippen LogP contribution is -2.52. The second kappa shape index (κ2) is 5.47. The van der Waals surface area contributed by atoms with Gasteiger partial charge in [0.1, 0.15) is 0 Å². The summed E-state index contributed by atoms with van der Waals surface area (Å²) in [5.41, 5.74) is 5.76. The van der Waals surface area contributed by atoms with E-state index in [-0.39, 0.29) is 12.5 Å². The molecule has 1 heterocycles. The van der Waals surface area contributed by atoms with E-state index in [0.29, 0.717) is 18.5 Å². The van der Waals surface area contributed by atoms with Crippen molar-refractivity contribution in [3.05, 3.63) is 0 Å². The highest BCUT2D eigenvalue weighted by atomic mass is 16.4. The maximum absolute atomic E-state index is 10.7. The summed E-state index contributed by atoms with van der Waals surface area (Å²) in [5, 5.41) is 8.78. The Morgan fingerprint density at radius 3 is 2.87 bits per heavy atom. The lowest BCUT2D eigenvalue weighted by molar-refractivity contribution is -0.138. The summed E-state index contributed by atoms with van der Waals surface area (Å²) >= 11 is 0. The number of aliphatic carboxylic acids is 1. The van der Waals surface area contributed by atoms with Crippen LogP contribution in [0.15, 0.2) is 0 Å². The predicted molar refractivity (Wildman–Crippen MR) is 59.7 cm³/mol. The molecular formula is C11H22N2O2. The van der Waals surface area contributed by atoms with Crippen LogP contribution in [0, 0.1) is 5.92 Å². The van der Waals surface area contributed by atoms with Crippen molar-refractivity contribution in [3.63, 3.8) is 0 Å². The quantitative estimate of drug-likeness (QED) is 0.730. The van der Waals surface area contributed by atoms with Crippen LogP contribution in [0.25, 0.3) is 0 Å². The molecule has 1 saturated heterocycles. The first kappa shape index (κ1) is 12.5. The molecule has 0 saturated carbocycles. The molecule has 0 aromatic carbocycles. The summed E-state index contributed by atoms with van der Waals surface area (Å²) in [4.78, 5) is 12.9. The molecule has 3 atom stereocenters. The molecule has 1 aliphatic rings. The number of carbonyl (C=O) groups is 1. The van der Waals surface area contributed by atoms with Gasteiger partial charge in [0, 0.05) is 18.6 Å². The van der Waals surface area contributed by atoms with Crippen molar-refractivity contribution in [2.75, 3.05) is 13.1 Å². The summed E-state index contributed by atoms with van der Waals surface area (Å²) in [5.74, 6) is -0.142. The first-order valence-corrected chi connectivity index (χ1v) is 5.73. The second-order valence-electron chi connectivity index (χ2n) is 4.61. The topological polar surface area (TPSA) is 66.6 Å². The molecule has 0 aliphatic carbocycles. The van der Waals surface area contributed by atoms with Crippen molar-refractivity contribution in [1.29, 1.82) is 0 Å². The van der Waals surface area contributed by atoms with Crippen LogP contribution < -0.4 is 5.73 Å². The van der Waals surface area contributed by atoms with Crippen molar-refractivity contribution in [2.45, 2.75) is 45.2 Å². The molecule has 1 rings (SSSR count). The van der Waals surface area contributed by atoms with Gasteiger partial charge in [0.2, 0.25) is 0 Å². The standard InChI is InChI=1S/C11H22N2O2/c1-8-4-3-5-13(10(8)7-12)9(2)6-11(14)15/h8-10H,3-7,12H2,1-2H3,(H,14,15). The normalized spacial score (nSPS) is 30.1. The fourth-order valence-electron chi connectivity index (χ4n) is 2.57. The van der Waals surface area contributed by atoms with E-state index in [9.17, 15) is 4.79 Å². The van der Waals surface area contributed by atoms with E-state index < -0.39 is 5.97 Å². The van der Waals surface area contributed by atoms with Gasteiger partial charge in [-0.3, -0.25) is 9.69 Å². The van der Waals surface area contributed by atoms with Gasteiger partial charge in [0.15, 0.2) is 0 Å². The molecule has 0 amide bonds. The molecule has 3 N–H and O–H groups in total. The Morgan fingerprint density at radius 1 is 1.67 bits per heavy atom. The Morgan fingerprint density at radius 2 is 2.33 bits per heavy atom. The largest absolute Gasteiger partial charge is 0.481 e. The summed E-state index contributed by atoms with van der Waals surface area (Å²) < 4.78 is 0. The van der Waals surface area contributed by atoms with Crippen LogP contribution in [0.1, 0.15) is 33.1 Å². The molecule has 1 aliphatic heterocycles. The van der Waals surface area contributed by atoms with Gasteiger partial charge in [0.05, 0.1) is 6.42 Å². The average molecular weight is 214 g/mol. The van der Waals surface area contributed by atoms with Gasteiger partial charge in [-0.25, -0.2) is 0 Å². The monoisotopic (exact) mass is 214 g/mol. The average Bonchev–Trinajstić information content (AvgIpc) is 2.16.